The lowest BCUT2D eigenvalue weighted by Gasteiger charge is -2.16. The molecule has 1 atom stereocenters. The number of hydrogen-bond donors (Lipinski definition) is 3. The number of benzene rings is 3. The van der Waals surface area contributed by atoms with E-state index < -0.39 is 41.0 Å². The third kappa shape index (κ3) is 9.95. The van der Waals surface area contributed by atoms with Gasteiger partial charge in [-0.05, 0) is 59.7 Å². The molecule has 0 spiro atoms. The van der Waals surface area contributed by atoms with Crippen LogP contribution in [0.1, 0.15) is 56.1 Å². The van der Waals surface area contributed by atoms with Gasteiger partial charge in [-0.2, -0.15) is 23.7 Å². The van der Waals surface area contributed by atoms with E-state index in [4.69, 9.17) is 10.5 Å². The van der Waals surface area contributed by atoms with E-state index in [1.807, 2.05) is 39.8 Å². The zero-order valence-corrected chi connectivity index (χ0v) is 23.0. The maximum absolute atomic E-state index is 14.5. The fourth-order valence-electron chi connectivity index (χ4n) is 3.21. The van der Waals surface area contributed by atoms with Gasteiger partial charge >= 0.3 is 6.18 Å². The standard InChI is InChI=1S/C27H18F4N4O2.2C2H6/c1-16(27(29,30)31)10-24(34-21-7-3-5-18(12-21)15-33)26(37)35-23-13-20(8-9-22(23)28)25(36)19-6-2-4-17(11-19)14-32;2*1-2/h2-13,25,34,36H,1H2,(H,35,37);2*1-2H3/b24-10-;;. The fourth-order valence-corrected chi connectivity index (χ4v) is 3.21. The van der Waals surface area contributed by atoms with Crippen LogP contribution in [0.3, 0.4) is 0 Å². The molecule has 3 N–H and O–H groups in total. The maximum Gasteiger partial charge on any atom is 0.415 e. The van der Waals surface area contributed by atoms with Crippen molar-refractivity contribution >= 4 is 17.3 Å². The van der Waals surface area contributed by atoms with Crippen LogP contribution in [0.5, 0.6) is 0 Å². The quantitative estimate of drug-likeness (QED) is 0.154. The fraction of sp³-hybridized carbons (Fsp3) is 0.194. The average molecular weight is 567 g/mol. The molecule has 0 saturated carbocycles. The van der Waals surface area contributed by atoms with Crippen LogP contribution in [0, 0.1) is 28.5 Å². The smallest absolute Gasteiger partial charge is 0.384 e. The third-order valence-electron chi connectivity index (χ3n) is 5.08. The predicted octanol–water partition coefficient (Wildman–Crippen LogP) is 7.76. The Morgan fingerprint density at radius 1 is 0.902 bits per heavy atom. The summed E-state index contributed by atoms with van der Waals surface area (Å²) in [6.45, 7) is 10.9. The van der Waals surface area contributed by atoms with Gasteiger partial charge in [-0.25, -0.2) is 4.39 Å². The molecule has 0 aromatic heterocycles. The van der Waals surface area contributed by atoms with Crippen LogP contribution in [0.4, 0.5) is 28.9 Å². The molecule has 0 saturated heterocycles. The lowest BCUT2D eigenvalue weighted by Crippen LogP contribution is -2.22. The van der Waals surface area contributed by atoms with Crippen LogP contribution in [0.15, 0.2) is 90.7 Å². The molecule has 3 rings (SSSR count). The van der Waals surface area contributed by atoms with E-state index in [1.54, 1.807) is 12.1 Å². The van der Waals surface area contributed by atoms with Gasteiger partial charge in [0, 0.05) is 5.69 Å². The summed E-state index contributed by atoms with van der Waals surface area (Å²) in [4.78, 5) is 12.9. The monoisotopic (exact) mass is 566 g/mol. The molecule has 10 heteroatoms. The van der Waals surface area contributed by atoms with Crippen molar-refractivity contribution in [3.63, 3.8) is 0 Å². The molecule has 0 heterocycles. The number of nitrogens with one attached hydrogen (secondary N) is 2. The molecule has 0 aliphatic rings. The number of halogens is 4. The van der Waals surface area contributed by atoms with Crippen molar-refractivity contribution in [3.05, 3.63) is 119 Å². The molecule has 1 unspecified atom stereocenters. The molecule has 0 aliphatic carbocycles. The minimum absolute atomic E-state index is 0.137. The van der Waals surface area contributed by atoms with Gasteiger partial charge in [0.05, 0.1) is 34.5 Å². The molecule has 1 amide bonds. The lowest BCUT2D eigenvalue weighted by atomic mass is 9.99. The minimum atomic E-state index is -4.84. The van der Waals surface area contributed by atoms with E-state index in [2.05, 4.69) is 17.2 Å². The zero-order valence-electron chi connectivity index (χ0n) is 23.0. The molecule has 0 bridgehead atoms. The summed E-state index contributed by atoms with van der Waals surface area (Å²) in [7, 11) is 0. The molecule has 214 valence electrons. The second kappa shape index (κ2) is 16.2. The van der Waals surface area contributed by atoms with E-state index in [0.717, 1.165) is 12.1 Å². The summed E-state index contributed by atoms with van der Waals surface area (Å²) >= 11 is 0. The largest absolute Gasteiger partial charge is 0.415 e. The first-order chi connectivity index (χ1) is 19.5. The highest BCUT2D eigenvalue weighted by atomic mass is 19.4. The van der Waals surface area contributed by atoms with E-state index in [0.29, 0.717) is 17.2 Å². The normalized spacial score (nSPS) is 11.2. The SMILES string of the molecule is C=C(/C=C(\Nc1cccc(C#N)c1)C(=O)Nc1cc(C(O)c2cccc(C#N)c2)ccc1F)C(F)(F)F.CC.CC. The summed E-state index contributed by atoms with van der Waals surface area (Å²) in [5.41, 5.74) is -1.26. The molecule has 0 radical (unpaired) electrons. The van der Waals surface area contributed by atoms with Crippen molar-refractivity contribution in [2.24, 2.45) is 0 Å². The van der Waals surface area contributed by atoms with E-state index in [-0.39, 0.29) is 16.8 Å². The Bertz CT molecular complexity index is 1470. The van der Waals surface area contributed by atoms with Crippen LogP contribution < -0.4 is 10.6 Å². The number of alkyl halides is 3. The Morgan fingerprint density at radius 3 is 2.05 bits per heavy atom. The summed E-state index contributed by atoms with van der Waals surface area (Å²) in [6, 6.07) is 18.9. The number of allylic oxidation sites excluding steroid dienone is 2. The number of aliphatic hydroxyl groups excluding tert-OH is 1. The Morgan fingerprint density at radius 2 is 1.46 bits per heavy atom. The van der Waals surface area contributed by atoms with E-state index in [1.165, 1.54) is 42.5 Å². The molecule has 0 aliphatic heterocycles. The maximum atomic E-state index is 14.5. The first-order valence-corrected chi connectivity index (χ1v) is 12.6. The molecular weight excluding hydrogens is 536 g/mol. The Balaban J connectivity index is 0.00000201. The second-order valence-corrected chi connectivity index (χ2v) is 7.73. The Labute approximate surface area is 236 Å². The second-order valence-electron chi connectivity index (χ2n) is 7.73. The van der Waals surface area contributed by atoms with E-state index in [9.17, 15) is 27.5 Å². The van der Waals surface area contributed by atoms with Gasteiger partial charge in [0.25, 0.3) is 5.91 Å². The number of carbonyl (C=O) groups excluding carboxylic acids is 1. The summed E-state index contributed by atoms with van der Waals surface area (Å²) in [5.74, 6) is -2.04. The minimum Gasteiger partial charge on any atom is -0.384 e. The van der Waals surface area contributed by atoms with Gasteiger partial charge < -0.3 is 15.7 Å². The lowest BCUT2D eigenvalue weighted by molar-refractivity contribution is -0.112. The zero-order chi connectivity index (χ0) is 31.2. The predicted molar refractivity (Wildman–Crippen MR) is 151 cm³/mol. The number of rotatable bonds is 7. The van der Waals surface area contributed by atoms with Gasteiger partial charge in [-0.3, -0.25) is 4.79 Å². The first kappa shape index (κ1) is 34.1. The topological polar surface area (TPSA) is 109 Å². The van der Waals surface area contributed by atoms with Crippen molar-refractivity contribution < 1.29 is 27.5 Å². The highest BCUT2D eigenvalue weighted by Crippen LogP contribution is 2.29. The van der Waals surface area contributed by atoms with Gasteiger partial charge in [-0.1, -0.05) is 58.5 Å². The summed E-state index contributed by atoms with van der Waals surface area (Å²) < 4.78 is 53.9. The number of nitrogens with zero attached hydrogens (tertiary/aromatic N) is 2. The number of hydrogen-bond acceptors (Lipinski definition) is 5. The van der Waals surface area contributed by atoms with E-state index >= 15 is 0 Å². The summed E-state index contributed by atoms with van der Waals surface area (Å²) in [5, 5.41) is 33.5. The van der Waals surface area contributed by atoms with Crippen molar-refractivity contribution in [1.82, 2.24) is 0 Å². The van der Waals surface area contributed by atoms with Crippen LogP contribution in [-0.2, 0) is 4.79 Å². The van der Waals surface area contributed by atoms with Gasteiger partial charge in [0.15, 0.2) is 0 Å². The number of nitriles is 2. The number of anilines is 2. The van der Waals surface area contributed by atoms with Gasteiger partial charge in [0.1, 0.15) is 17.6 Å². The molecule has 3 aromatic carbocycles. The number of aliphatic hydroxyl groups is 1. The van der Waals surface area contributed by atoms with Crippen molar-refractivity contribution in [2.75, 3.05) is 10.6 Å². The summed E-state index contributed by atoms with van der Waals surface area (Å²) in [6.07, 6.45) is -5.66. The van der Waals surface area contributed by atoms with Crippen LogP contribution in [0.2, 0.25) is 0 Å². The number of amides is 1. The molecule has 0 fully saturated rings. The van der Waals surface area contributed by atoms with Crippen molar-refractivity contribution in [3.8, 4) is 12.1 Å². The van der Waals surface area contributed by atoms with Crippen molar-refractivity contribution in [2.45, 2.75) is 40.0 Å². The molecular formula is C31H30F4N4O2. The van der Waals surface area contributed by atoms with Crippen molar-refractivity contribution in [1.29, 1.82) is 10.5 Å². The molecule has 41 heavy (non-hydrogen) atoms. The molecule has 3 aromatic rings. The van der Waals surface area contributed by atoms with Gasteiger partial charge in [0.2, 0.25) is 0 Å². The average Bonchev–Trinajstić information content (AvgIpc) is 2.99. The Kier molecular flexibility index (Phi) is 13.5. The highest BCUT2D eigenvalue weighted by molar-refractivity contribution is 6.06. The third-order valence-corrected chi connectivity index (χ3v) is 5.08. The van der Waals surface area contributed by atoms with Crippen LogP contribution >= 0.6 is 0 Å². The van der Waals surface area contributed by atoms with Gasteiger partial charge in [-0.15, -0.1) is 0 Å². The first-order valence-electron chi connectivity index (χ1n) is 12.6. The Hall–Kier alpha value is -4.93. The van der Waals surface area contributed by atoms with Crippen LogP contribution in [0.25, 0.3) is 0 Å². The number of carbonyl (C=O) groups is 1. The molecule has 6 nitrogen and oxygen atoms in total. The highest BCUT2D eigenvalue weighted by Gasteiger charge is 2.31. The van der Waals surface area contributed by atoms with Crippen LogP contribution in [-0.4, -0.2) is 17.2 Å².